The molecule has 2 aromatic carbocycles. The van der Waals surface area contributed by atoms with Gasteiger partial charge in [-0.25, -0.2) is 0 Å². The monoisotopic (exact) mass is 676 g/mol. The third kappa shape index (κ3) is 5.17. The molecule has 0 saturated carbocycles. The molecule has 2 aromatic rings. The highest BCUT2D eigenvalue weighted by Crippen LogP contribution is 2.47. The smallest absolute Gasteiger partial charge is 0.287 e. The summed E-state index contributed by atoms with van der Waals surface area (Å²) < 4.78 is 25.7. The Labute approximate surface area is 246 Å². The Morgan fingerprint density at radius 3 is 2.20 bits per heavy atom. The number of nitro groups is 2. The zero-order chi connectivity index (χ0) is 28.0. The van der Waals surface area contributed by atoms with Crippen molar-refractivity contribution in [1.29, 1.82) is 0 Å². The van der Waals surface area contributed by atoms with Crippen molar-refractivity contribution in [2.24, 2.45) is 11.8 Å². The fraction of sp³-hybridized carbons (Fsp3) is 0.429. The summed E-state index contributed by atoms with van der Waals surface area (Å²) in [7, 11) is 0. The molecule has 0 aliphatic carbocycles. The number of nitrogens with zero attached hydrogens (tertiary/aromatic N) is 2. The van der Waals surface area contributed by atoms with E-state index >= 15 is 0 Å². The van der Waals surface area contributed by atoms with E-state index in [0.717, 1.165) is 10.0 Å². The van der Waals surface area contributed by atoms with Crippen LogP contribution in [0.3, 0.4) is 0 Å². The van der Waals surface area contributed by atoms with Crippen LogP contribution in [0.4, 0.5) is 0 Å². The van der Waals surface area contributed by atoms with Gasteiger partial charge in [-0.15, -0.1) is 0 Å². The summed E-state index contributed by atoms with van der Waals surface area (Å²) in [6, 6.07) is 9.15. The zero-order valence-corrected chi connectivity index (χ0v) is 24.5. The van der Waals surface area contributed by atoms with Crippen LogP contribution < -0.4 is 9.47 Å². The number of hydrogen-bond acceptors (Lipinski definition) is 8. The van der Waals surface area contributed by atoms with Gasteiger partial charge in [0.05, 0.1) is 20.4 Å². The Morgan fingerprint density at radius 1 is 0.800 bits per heavy atom. The molecule has 40 heavy (non-hydrogen) atoms. The Bertz CT molecular complexity index is 1420. The van der Waals surface area contributed by atoms with Gasteiger partial charge >= 0.3 is 0 Å². The number of hydrogen-bond donors (Lipinski definition) is 0. The molecule has 6 rings (SSSR count). The van der Waals surface area contributed by atoms with Crippen LogP contribution in [-0.4, -0.2) is 41.9 Å². The summed E-state index contributed by atoms with van der Waals surface area (Å²) in [5.74, 6) is 0.970. The second-order valence-corrected chi connectivity index (χ2v) is 12.1. The highest BCUT2D eigenvalue weighted by Gasteiger charge is 2.43. The van der Waals surface area contributed by atoms with Gasteiger partial charge in [-0.2, -0.15) is 0 Å². The summed E-state index contributed by atoms with van der Waals surface area (Å²) in [5, 5.41) is 23.9. The predicted molar refractivity (Wildman–Crippen MR) is 152 cm³/mol. The maximum absolute atomic E-state index is 12.0. The van der Waals surface area contributed by atoms with Gasteiger partial charge in [0.25, 0.3) is 11.4 Å². The molecular formula is C28H26Br2N2O8. The molecule has 210 valence electrons. The molecule has 0 radical (unpaired) electrons. The SMILES string of the molecule is O=[N+]([O-])C1=Cc2cc(Br)ccc2OC1C1CCOC(c2ccc3c(c2Br)OC(C2CCOCC2)C([N+](=O)[O-])=C3)C1. The quantitative estimate of drug-likeness (QED) is 0.257. The molecule has 4 heterocycles. The molecule has 4 unspecified atom stereocenters. The van der Waals surface area contributed by atoms with Crippen molar-refractivity contribution in [3.05, 3.63) is 87.6 Å². The fourth-order valence-electron chi connectivity index (χ4n) is 6.00. The second kappa shape index (κ2) is 11.2. The Balaban J connectivity index is 1.28. The second-order valence-electron chi connectivity index (χ2n) is 10.4. The van der Waals surface area contributed by atoms with E-state index in [9.17, 15) is 20.2 Å². The lowest BCUT2D eigenvalue weighted by Crippen LogP contribution is -2.38. The topological polar surface area (TPSA) is 123 Å². The largest absolute Gasteiger partial charge is 0.478 e. The highest BCUT2D eigenvalue weighted by molar-refractivity contribution is 9.10. The standard InChI is InChI=1S/C28H26Br2N2O8/c29-19-2-4-23-18(11-19)13-22(32(35)36)27(39-23)17-7-10-38-24(14-17)20-3-1-16-12-21(31(33)34)26(40-28(16)25(20)30)15-5-8-37-9-6-15/h1-4,11-13,15,17,24,26-27H,5-10,14H2. The van der Waals surface area contributed by atoms with Gasteiger partial charge in [0, 0.05) is 59.4 Å². The Morgan fingerprint density at radius 2 is 1.48 bits per heavy atom. The van der Waals surface area contributed by atoms with E-state index in [0.29, 0.717) is 72.6 Å². The van der Waals surface area contributed by atoms with Crippen molar-refractivity contribution in [2.45, 2.75) is 44.0 Å². The molecular weight excluding hydrogens is 652 g/mol. The van der Waals surface area contributed by atoms with Crippen LogP contribution in [0.25, 0.3) is 12.2 Å². The Kier molecular flexibility index (Phi) is 7.68. The molecule has 0 aromatic heterocycles. The van der Waals surface area contributed by atoms with Crippen LogP contribution in [0.1, 0.15) is 48.5 Å². The summed E-state index contributed by atoms with van der Waals surface area (Å²) in [4.78, 5) is 23.2. The van der Waals surface area contributed by atoms with Gasteiger partial charge in [0.15, 0.2) is 12.2 Å². The molecule has 0 spiro atoms. The van der Waals surface area contributed by atoms with Crippen molar-refractivity contribution in [1.82, 2.24) is 0 Å². The summed E-state index contributed by atoms with van der Waals surface area (Å²) >= 11 is 7.12. The average molecular weight is 678 g/mol. The van der Waals surface area contributed by atoms with E-state index in [2.05, 4.69) is 31.9 Å². The number of ether oxygens (including phenoxy) is 4. The van der Waals surface area contributed by atoms with E-state index in [1.54, 1.807) is 24.3 Å². The third-order valence-corrected chi connectivity index (χ3v) is 9.34. The first-order chi connectivity index (χ1) is 19.3. The number of fused-ring (bicyclic) bond motifs is 2. The molecule has 4 atom stereocenters. The first-order valence-electron chi connectivity index (χ1n) is 13.2. The van der Waals surface area contributed by atoms with Crippen LogP contribution >= 0.6 is 31.9 Å². The minimum atomic E-state index is -0.716. The molecule has 12 heteroatoms. The van der Waals surface area contributed by atoms with Crippen molar-refractivity contribution >= 4 is 44.0 Å². The minimum absolute atomic E-state index is 0.0243. The van der Waals surface area contributed by atoms with Crippen molar-refractivity contribution in [3.8, 4) is 11.5 Å². The van der Waals surface area contributed by atoms with E-state index in [-0.39, 0.29) is 39.2 Å². The van der Waals surface area contributed by atoms with E-state index in [1.165, 1.54) is 0 Å². The maximum Gasteiger partial charge on any atom is 0.287 e. The van der Waals surface area contributed by atoms with Gasteiger partial charge in [-0.3, -0.25) is 20.2 Å². The van der Waals surface area contributed by atoms with E-state index in [1.807, 2.05) is 18.2 Å². The number of rotatable bonds is 5. The van der Waals surface area contributed by atoms with Gasteiger partial charge in [0.2, 0.25) is 0 Å². The molecule has 0 N–H and O–H groups in total. The summed E-state index contributed by atoms with van der Waals surface area (Å²) in [6.07, 6.45) is 3.90. The molecule has 4 aliphatic rings. The maximum atomic E-state index is 12.0. The third-order valence-electron chi connectivity index (χ3n) is 8.03. The van der Waals surface area contributed by atoms with Crippen LogP contribution in [0.2, 0.25) is 0 Å². The lowest BCUT2D eigenvalue weighted by molar-refractivity contribution is -0.435. The number of benzene rings is 2. The highest BCUT2D eigenvalue weighted by atomic mass is 79.9. The molecule has 2 fully saturated rings. The summed E-state index contributed by atoms with van der Waals surface area (Å²) in [6.45, 7) is 1.51. The van der Waals surface area contributed by atoms with Crippen LogP contribution in [0.5, 0.6) is 11.5 Å². The van der Waals surface area contributed by atoms with Gasteiger partial charge in [-0.1, -0.05) is 28.1 Å². The summed E-state index contributed by atoms with van der Waals surface area (Å²) in [5.41, 5.74) is 2.19. The van der Waals surface area contributed by atoms with Gasteiger partial charge in [0.1, 0.15) is 11.5 Å². The zero-order valence-electron chi connectivity index (χ0n) is 21.3. The molecule has 0 bridgehead atoms. The van der Waals surface area contributed by atoms with Crippen molar-refractivity contribution in [3.63, 3.8) is 0 Å². The van der Waals surface area contributed by atoms with Gasteiger partial charge < -0.3 is 18.9 Å². The van der Waals surface area contributed by atoms with E-state index in [4.69, 9.17) is 18.9 Å². The first kappa shape index (κ1) is 27.4. The minimum Gasteiger partial charge on any atom is -0.478 e. The van der Waals surface area contributed by atoms with Crippen molar-refractivity contribution < 1.29 is 28.8 Å². The van der Waals surface area contributed by atoms with Crippen LogP contribution in [-0.2, 0) is 9.47 Å². The Hall–Kier alpha value is -2.80. The predicted octanol–water partition coefficient (Wildman–Crippen LogP) is 6.56. The number of halogens is 2. The molecule has 2 saturated heterocycles. The first-order valence-corrected chi connectivity index (χ1v) is 14.8. The van der Waals surface area contributed by atoms with E-state index < -0.39 is 12.2 Å². The molecule has 4 aliphatic heterocycles. The van der Waals surface area contributed by atoms with Gasteiger partial charge in [-0.05, 0) is 65.4 Å². The van der Waals surface area contributed by atoms with Crippen LogP contribution in [0.15, 0.2) is 50.7 Å². The van der Waals surface area contributed by atoms with Crippen molar-refractivity contribution in [2.75, 3.05) is 19.8 Å². The molecule has 10 nitrogen and oxygen atoms in total. The lowest BCUT2D eigenvalue weighted by Gasteiger charge is -2.36. The average Bonchev–Trinajstić information content (AvgIpc) is 2.96. The fourth-order valence-corrected chi connectivity index (χ4v) is 7.09. The van der Waals surface area contributed by atoms with Crippen LogP contribution in [0, 0.1) is 32.1 Å². The molecule has 0 amide bonds. The lowest BCUT2D eigenvalue weighted by atomic mass is 9.84. The normalized spacial score (nSPS) is 26.4.